The molecule has 0 unspecified atom stereocenters. The number of halogens is 1. The zero-order valence-electron chi connectivity index (χ0n) is 14.6. The minimum Gasteiger partial charge on any atom is -0.494 e. The van der Waals surface area contributed by atoms with Gasteiger partial charge in [-0.05, 0) is 41.8 Å². The Labute approximate surface area is 148 Å². The van der Waals surface area contributed by atoms with Gasteiger partial charge in [0.05, 0.1) is 24.2 Å². The Morgan fingerprint density at radius 1 is 1.20 bits per heavy atom. The molecule has 0 saturated carbocycles. The van der Waals surface area contributed by atoms with Gasteiger partial charge in [-0.3, -0.25) is 4.31 Å². The number of ether oxygens (including phenoxy) is 1. The van der Waals surface area contributed by atoms with Crippen molar-refractivity contribution in [2.45, 2.75) is 24.7 Å². The van der Waals surface area contributed by atoms with E-state index in [1.807, 2.05) is 12.1 Å². The van der Waals surface area contributed by atoms with Gasteiger partial charge in [0.15, 0.2) is 11.6 Å². The van der Waals surface area contributed by atoms with E-state index in [0.717, 1.165) is 11.6 Å². The quantitative estimate of drug-likeness (QED) is 0.688. The molecule has 6 heteroatoms. The predicted molar refractivity (Wildman–Crippen MR) is 98.2 cm³/mol. The smallest absolute Gasteiger partial charge is 0.264 e. The predicted octanol–water partition coefficient (Wildman–Crippen LogP) is 4.34. The molecule has 0 spiro atoms. The molecule has 2 aromatic carbocycles. The number of sulfonamides is 1. The Hall–Kier alpha value is -2.34. The van der Waals surface area contributed by atoms with Gasteiger partial charge in [0.1, 0.15) is 0 Å². The topological polar surface area (TPSA) is 46.6 Å². The first-order valence-corrected chi connectivity index (χ1v) is 9.32. The fourth-order valence-electron chi connectivity index (χ4n) is 2.42. The fourth-order valence-corrected chi connectivity index (χ4v) is 3.87. The highest BCUT2D eigenvalue weighted by Gasteiger charge is 2.25. The van der Waals surface area contributed by atoms with E-state index in [-0.39, 0.29) is 17.2 Å². The summed E-state index contributed by atoms with van der Waals surface area (Å²) in [6.45, 7) is 7.83. The van der Waals surface area contributed by atoms with E-state index < -0.39 is 15.8 Å². The second-order valence-corrected chi connectivity index (χ2v) is 7.73. The lowest BCUT2D eigenvalue weighted by Crippen LogP contribution is -2.31. The van der Waals surface area contributed by atoms with E-state index in [9.17, 15) is 12.8 Å². The molecule has 0 aliphatic carbocycles. The number of hydrogen-bond acceptors (Lipinski definition) is 3. The highest BCUT2D eigenvalue weighted by molar-refractivity contribution is 7.92. The number of methoxy groups -OCH3 is 1. The van der Waals surface area contributed by atoms with Gasteiger partial charge in [0.2, 0.25) is 0 Å². The first-order valence-electron chi connectivity index (χ1n) is 7.88. The van der Waals surface area contributed by atoms with E-state index in [4.69, 9.17) is 4.74 Å². The summed E-state index contributed by atoms with van der Waals surface area (Å²) in [6, 6.07) is 10.9. The molecule has 0 aromatic heterocycles. The standard InChI is InChI=1S/C19H22FNO3S/c1-5-12-21(16-8-6-15(7-9-16)14(2)3)25(22,23)17-10-11-19(24-4)18(20)13-17/h5-11,13-14H,1,12H2,2-4H3. The van der Waals surface area contributed by atoms with E-state index >= 15 is 0 Å². The molecule has 0 aliphatic heterocycles. The highest BCUT2D eigenvalue weighted by Crippen LogP contribution is 2.28. The number of rotatable bonds is 7. The second kappa shape index (κ2) is 7.70. The lowest BCUT2D eigenvalue weighted by molar-refractivity contribution is 0.385. The van der Waals surface area contributed by atoms with Crippen molar-refractivity contribution in [1.29, 1.82) is 0 Å². The van der Waals surface area contributed by atoms with Crippen LogP contribution in [0.4, 0.5) is 10.1 Å². The molecule has 0 radical (unpaired) electrons. The zero-order chi connectivity index (χ0) is 18.6. The summed E-state index contributed by atoms with van der Waals surface area (Å²) >= 11 is 0. The summed E-state index contributed by atoms with van der Waals surface area (Å²) in [5, 5.41) is 0. The number of anilines is 1. The fraction of sp³-hybridized carbons (Fsp3) is 0.263. The SMILES string of the molecule is C=CCN(c1ccc(C(C)C)cc1)S(=O)(=O)c1ccc(OC)c(F)c1. The van der Waals surface area contributed by atoms with Crippen LogP contribution < -0.4 is 9.04 Å². The molecule has 0 heterocycles. The molecule has 134 valence electrons. The van der Waals surface area contributed by atoms with Crippen LogP contribution in [0.15, 0.2) is 60.0 Å². The summed E-state index contributed by atoms with van der Waals surface area (Å²) in [5.41, 5.74) is 1.61. The van der Waals surface area contributed by atoms with Crippen LogP contribution in [-0.2, 0) is 10.0 Å². The number of nitrogens with zero attached hydrogens (tertiary/aromatic N) is 1. The third kappa shape index (κ3) is 4.02. The number of hydrogen-bond donors (Lipinski definition) is 0. The van der Waals surface area contributed by atoms with Crippen molar-refractivity contribution < 1.29 is 17.5 Å². The van der Waals surface area contributed by atoms with Crippen molar-refractivity contribution in [1.82, 2.24) is 0 Å². The van der Waals surface area contributed by atoms with Crippen LogP contribution in [0.2, 0.25) is 0 Å². The normalized spacial score (nSPS) is 11.4. The van der Waals surface area contributed by atoms with Gasteiger partial charge in [-0.1, -0.05) is 32.1 Å². The highest BCUT2D eigenvalue weighted by atomic mass is 32.2. The first kappa shape index (κ1) is 19.0. The Morgan fingerprint density at radius 2 is 1.84 bits per heavy atom. The third-order valence-corrected chi connectivity index (χ3v) is 5.64. The van der Waals surface area contributed by atoms with Crippen molar-refractivity contribution in [3.8, 4) is 5.75 Å². The van der Waals surface area contributed by atoms with Crippen molar-refractivity contribution in [3.05, 3.63) is 66.5 Å². The summed E-state index contributed by atoms with van der Waals surface area (Å²) in [5.74, 6) is -0.387. The van der Waals surface area contributed by atoms with E-state index in [1.54, 1.807) is 12.1 Å². The first-order chi connectivity index (χ1) is 11.8. The summed E-state index contributed by atoms with van der Waals surface area (Å²) in [4.78, 5) is -0.138. The molecule has 0 aliphatic rings. The monoisotopic (exact) mass is 363 g/mol. The van der Waals surface area contributed by atoms with Crippen LogP contribution in [-0.4, -0.2) is 22.1 Å². The Kier molecular flexibility index (Phi) is 5.85. The van der Waals surface area contributed by atoms with Crippen LogP contribution in [0.1, 0.15) is 25.3 Å². The Balaban J connectivity index is 2.47. The Bertz CT molecular complexity index is 845. The average molecular weight is 363 g/mol. The summed E-state index contributed by atoms with van der Waals surface area (Å²) < 4.78 is 45.9. The number of benzene rings is 2. The lowest BCUT2D eigenvalue weighted by Gasteiger charge is -2.24. The molecule has 4 nitrogen and oxygen atoms in total. The molecule has 2 aromatic rings. The van der Waals surface area contributed by atoms with Crippen LogP contribution >= 0.6 is 0 Å². The maximum absolute atomic E-state index is 13.9. The van der Waals surface area contributed by atoms with Crippen molar-refractivity contribution >= 4 is 15.7 Å². The lowest BCUT2D eigenvalue weighted by atomic mass is 10.0. The zero-order valence-corrected chi connectivity index (χ0v) is 15.4. The molecule has 0 saturated heterocycles. The van der Waals surface area contributed by atoms with Crippen LogP contribution in [0.5, 0.6) is 5.75 Å². The Morgan fingerprint density at radius 3 is 2.32 bits per heavy atom. The van der Waals surface area contributed by atoms with Crippen molar-refractivity contribution in [2.75, 3.05) is 18.0 Å². The van der Waals surface area contributed by atoms with E-state index in [0.29, 0.717) is 11.6 Å². The summed E-state index contributed by atoms with van der Waals surface area (Å²) in [7, 11) is -2.60. The van der Waals surface area contributed by atoms with Gasteiger partial charge >= 0.3 is 0 Å². The second-order valence-electron chi connectivity index (χ2n) is 5.87. The van der Waals surface area contributed by atoms with Gasteiger partial charge in [-0.15, -0.1) is 6.58 Å². The maximum atomic E-state index is 13.9. The molecular formula is C19H22FNO3S. The molecule has 0 N–H and O–H groups in total. The largest absolute Gasteiger partial charge is 0.494 e. The molecule has 25 heavy (non-hydrogen) atoms. The third-order valence-electron chi connectivity index (χ3n) is 3.85. The van der Waals surface area contributed by atoms with Gasteiger partial charge in [0, 0.05) is 0 Å². The molecule has 0 atom stereocenters. The molecule has 2 rings (SSSR count). The molecular weight excluding hydrogens is 341 g/mol. The molecule has 0 bridgehead atoms. The minimum absolute atomic E-state index is 0.00416. The molecule has 0 amide bonds. The van der Waals surface area contributed by atoms with Gasteiger partial charge in [-0.2, -0.15) is 0 Å². The van der Waals surface area contributed by atoms with Gasteiger partial charge in [0.25, 0.3) is 10.0 Å². The summed E-state index contributed by atoms with van der Waals surface area (Å²) in [6.07, 6.45) is 1.49. The van der Waals surface area contributed by atoms with Gasteiger partial charge in [-0.25, -0.2) is 12.8 Å². The van der Waals surface area contributed by atoms with Crippen LogP contribution in [0, 0.1) is 5.82 Å². The molecule has 0 fully saturated rings. The van der Waals surface area contributed by atoms with Crippen LogP contribution in [0.25, 0.3) is 0 Å². The van der Waals surface area contributed by atoms with Gasteiger partial charge < -0.3 is 4.74 Å². The van der Waals surface area contributed by atoms with E-state index in [1.165, 1.54) is 29.6 Å². The van der Waals surface area contributed by atoms with Crippen molar-refractivity contribution in [2.24, 2.45) is 0 Å². The average Bonchev–Trinajstić information content (AvgIpc) is 2.59. The van der Waals surface area contributed by atoms with Crippen molar-refractivity contribution in [3.63, 3.8) is 0 Å². The maximum Gasteiger partial charge on any atom is 0.264 e. The minimum atomic E-state index is -3.93. The van der Waals surface area contributed by atoms with E-state index in [2.05, 4.69) is 20.4 Å². The van der Waals surface area contributed by atoms with Crippen LogP contribution in [0.3, 0.4) is 0 Å².